The van der Waals surface area contributed by atoms with Crippen LogP contribution in [0.25, 0.3) is 0 Å². The Morgan fingerprint density at radius 3 is 2.32 bits per heavy atom. The van der Waals surface area contributed by atoms with Crippen molar-refractivity contribution in [1.29, 1.82) is 0 Å². The molecule has 0 spiro atoms. The van der Waals surface area contributed by atoms with E-state index in [1.165, 1.54) is 6.20 Å². The number of ether oxygens (including phenoxy) is 1. The lowest BCUT2D eigenvalue weighted by Gasteiger charge is -2.10. The molecule has 0 aliphatic carbocycles. The molecule has 0 aromatic carbocycles. The van der Waals surface area contributed by atoms with Gasteiger partial charge in [-0.25, -0.2) is 4.98 Å². The average Bonchev–Trinajstić information content (AvgIpc) is 2.52. The van der Waals surface area contributed by atoms with E-state index in [-0.39, 0.29) is 6.54 Å². The molecular weight excluding hydrogens is 302 g/mol. The molecule has 0 aliphatic heterocycles. The molecule has 0 aliphatic rings. The van der Waals surface area contributed by atoms with Crippen LogP contribution in [0.3, 0.4) is 0 Å². The number of halogens is 4. The third kappa shape index (κ3) is 3.63. The number of anilines is 1. The van der Waals surface area contributed by atoms with E-state index in [1.807, 2.05) is 6.92 Å². The first-order chi connectivity index (χ1) is 10.5. The minimum atomic E-state index is -1.71. The van der Waals surface area contributed by atoms with Crippen molar-refractivity contribution in [2.75, 3.05) is 11.9 Å². The highest BCUT2D eigenvalue weighted by Gasteiger charge is 2.20. The van der Waals surface area contributed by atoms with Gasteiger partial charge in [0.25, 0.3) is 11.9 Å². The second-order valence-corrected chi connectivity index (χ2v) is 4.40. The van der Waals surface area contributed by atoms with Crippen LogP contribution >= 0.6 is 0 Å². The Hall–Kier alpha value is -2.38. The van der Waals surface area contributed by atoms with Crippen molar-refractivity contribution >= 4 is 5.69 Å². The predicted molar refractivity (Wildman–Crippen MR) is 71.4 cm³/mol. The van der Waals surface area contributed by atoms with Gasteiger partial charge in [-0.15, -0.1) is 0 Å². The van der Waals surface area contributed by atoms with Gasteiger partial charge >= 0.3 is 0 Å². The molecular formula is C14H13F4N3O. The van der Waals surface area contributed by atoms with Crippen molar-refractivity contribution in [3.8, 4) is 5.88 Å². The summed E-state index contributed by atoms with van der Waals surface area (Å²) >= 11 is 0. The van der Waals surface area contributed by atoms with Crippen LogP contribution in [0.2, 0.25) is 0 Å². The van der Waals surface area contributed by atoms with Gasteiger partial charge in [-0.05, 0) is 12.0 Å². The number of nitrogens with one attached hydrogen (secondary N) is 1. The fourth-order valence-corrected chi connectivity index (χ4v) is 1.64. The average molecular weight is 315 g/mol. The van der Waals surface area contributed by atoms with Crippen LogP contribution in [-0.2, 0) is 6.54 Å². The van der Waals surface area contributed by atoms with Gasteiger partial charge in [0.1, 0.15) is 5.69 Å². The summed E-state index contributed by atoms with van der Waals surface area (Å²) in [6.45, 7) is 2.41. The minimum absolute atomic E-state index is 0.0716. The lowest BCUT2D eigenvalue weighted by molar-refractivity contribution is 0.305. The van der Waals surface area contributed by atoms with Gasteiger partial charge in [-0.2, -0.15) is 22.5 Å². The summed E-state index contributed by atoms with van der Waals surface area (Å²) in [5.41, 5.74) is -0.350. The van der Waals surface area contributed by atoms with Crippen molar-refractivity contribution in [2.24, 2.45) is 0 Å². The molecule has 4 nitrogen and oxygen atoms in total. The number of hydrogen-bond donors (Lipinski definition) is 1. The van der Waals surface area contributed by atoms with Crippen LogP contribution in [0.1, 0.15) is 18.9 Å². The van der Waals surface area contributed by atoms with Crippen LogP contribution in [0, 0.1) is 23.5 Å². The normalized spacial score (nSPS) is 10.6. The Kier molecular flexibility index (Phi) is 5.13. The van der Waals surface area contributed by atoms with E-state index in [9.17, 15) is 17.6 Å². The molecule has 22 heavy (non-hydrogen) atoms. The standard InChI is InChI=1S/C14H13F4N3O/c1-2-5-22-9-4-3-8(6-19-9)7-20-12-10(15)13(17)21-14(18)11(12)16/h3-4,6H,2,5,7H2,1H3,(H,20,21). The summed E-state index contributed by atoms with van der Waals surface area (Å²) in [7, 11) is 0. The van der Waals surface area contributed by atoms with Gasteiger partial charge in [0.05, 0.1) is 6.61 Å². The molecule has 1 N–H and O–H groups in total. The highest BCUT2D eigenvalue weighted by molar-refractivity contribution is 5.45. The summed E-state index contributed by atoms with van der Waals surface area (Å²) in [5.74, 6) is -6.14. The Balaban J connectivity index is 2.07. The zero-order chi connectivity index (χ0) is 16.1. The third-order valence-electron chi connectivity index (χ3n) is 2.72. The summed E-state index contributed by atoms with van der Waals surface area (Å²) in [6.07, 6.45) is 2.27. The molecule has 2 heterocycles. The lowest BCUT2D eigenvalue weighted by atomic mass is 10.2. The Bertz CT molecular complexity index is 623. The third-order valence-corrected chi connectivity index (χ3v) is 2.72. The van der Waals surface area contributed by atoms with E-state index in [1.54, 1.807) is 12.1 Å². The molecule has 0 amide bonds. The molecule has 2 rings (SSSR count). The van der Waals surface area contributed by atoms with Crippen molar-refractivity contribution in [2.45, 2.75) is 19.9 Å². The molecule has 0 saturated carbocycles. The van der Waals surface area contributed by atoms with E-state index in [4.69, 9.17) is 4.74 Å². The van der Waals surface area contributed by atoms with Crippen molar-refractivity contribution in [3.63, 3.8) is 0 Å². The van der Waals surface area contributed by atoms with Crippen LogP contribution in [0.4, 0.5) is 23.2 Å². The van der Waals surface area contributed by atoms with Gasteiger partial charge in [-0.3, -0.25) is 0 Å². The van der Waals surface area contributed by atoms with Crippen LogP contribution in [0.5, 0.6) is 5.88 Å². The summed E-state index contributed by atoms with van der Waals surface area (Å²) in [5, 5.41) is 2.29. The zero-order valence-electron chi connectivity index (χ0n) is 11.7. The summed E-state index contributed by atoms with van der Waals surface area (Å²) < 4.78 is 58.0. The van der Waals surface area contributed by atoms with E-state index < -0.39 is 29.2 Å². The zero-order valence-corrected chi connectivity index (χ0v) is 11.7. The van der Waals surface area contributed by atoms with Gasteiger partial charge < -0.3 is 10.1 Å². The van der Waals surface area contributed by atoms with Crippen molar-refractivity contribution in [1.82, 2.24) is 9.97 Å². The van der Waals surface area contributed by atoms with E-state index in [2.05, 4.69) is 15.3 Å². The first-order valence-electron chi connectivity index (χ1n) is 6.54. The van der Waals surface area contributed by atoms with E-state index in [0.717, 1.165) is 6.42 Å². The second-order valence-electron chi connectivity index (χ2n) is 4.40. The second kappa shape index (κ2) is 7.06. The van der Waals surface area contributed by atoms with Crippen LogP contribution in [-0.4, -0.2) is 16.6 Å². The minimum Gasteiger partial charge on any atom is -0.478 e. The molecule has 0 unspecified atom stereocenters. The number of rotatable bonds is 6. The van der Waals surface area contributed by atoms with Crippen LogP contribution < -0.4 is 10.1 Å². The molecule has 8 heteroatoms. The van der Waals surface area contributed by atoms with Crippen LogP contribution in [0.15, 0.2) is 18.3 Å². The predicted octanol–water partition coefficient (Wildman–Crippen LogP) is 3.43. The fourth-order valence-electron chi connectivity index (χ4n) is 1.64. The Labute approximate surface area is 124 Å². The number of nitrogens with zero attached hydrogens (tertiary/aromatic N) is 2. The van der Waals surface area contributed by atoms with E-state index >= 15 is 0 Å². The SMILES string of the molecule is CCCOc1ccc(CNc2c(F)c(F)nc(F)c2F)cn1. The van der Waals surface area contributed by atoms with Gasteiger partial charge in [-0.1, -0.05) is 13.0 Å². The number of pyridine rings is 2. The maximum absolute atomic E-state index is 13.4. The molecule has 2 aromatic rings. The Morgan fingerprint density at radius 2 is 1.77 bits per heavy atom. The highest BCUT2D eigenvalue weighted by atomic mass is 19.2. The monoisotopic (exact) mass is 315 g/mol. The van der Waals surface area contributed by atoms with Gasteiger partial charge in [0.15, 0.2) is 0 Å². The number of hydrogen-bond acceptors (Lipinski definition) is 4. The molecule has 0 bridgehead atoms. The molecule has 0 fully saturated rings. The summed E-state index contributed by atoms with van der Waals surface area (Å²) in [6, 6.07) is 3.21. The van der Waals surface area contributed by atoms with E-state index in [0.29, 0.717) is 18.1 Å². The first kappa shape index (κ1) is 16.0. The topological polar surface area (TPSA) is 47.0 Å². The molecule has 0 radical (unpaired) electrons. The van der Waals surface area contributed by atoms with Crippen molar-refractivity contribution < 1.29 is 22.3 Å². The highest BCUT2D eigenvalue weighted by Crippen LogP contribution is 2.22. The number of aromatic nitrogens is 2. The van der Waals surface area contributed by atoms with Crippen molar-refractivity contribution in [3.05, 3.63) is 47.4 Å². The Morgan fingerprint density at radius 1 is 1.09 bits per heavy atom. The molecule has 2 aromatic heterocycles. The summed E-state index contributed by atoms with van der Waals surface area (Å²) in [4.78, 5) is 6.47. The lowest BCUT2D eigenvalue weighted by Crippen LogP contribution is -2.09. The first-order valence-corrected chi connectivity index (χ1v) is 6.54. The fraction of sp³-hybridized carbons (Fsp3) is 0.286. The molecule has 0 saturated heterocycles. The molecule has 0 atom stereocenters. The smallest absolute Gasteiger partial charge is 0.253 e. The largest absolute Gasteiger partial charge is 0.478 e. The maximum Gasteiger partial charge on any atom is 0.253 e. The maximum atomic E-state index is 13.4. The quantitative estimate of drug-likeness (QED) is 0.655. The molecule has 118 valence electrons. The van der Waals surface area contributed by atoms with Gasteiger partial charge in [0, 0.05) is 18.8 Å². The van der Waals surface area contributed by atoms with Gasteiger partial charge in [0.2, 0.25) is 17.5 Å².